The van der Waals surface area contributed by atoms with E-state index in [1.807, 2.05) is 0 Å². The molecule has 2 rings (SSSR count). The summed E-state index contributed by atoms with van der Waals surface area (Å²) >= 11 is 0. The first-order valence-electron chi connectivity index (χ1n) is 8.01. The van der Waals surface area contributed by atoms with Crippen LogP contribution >= 0.6 is 0 Å². The van der Waals surface area contributed by atoms with Crippen molar-refractivity contribution in [2.24, 2.45) is 0 Å². The minimum atomic E-state index is -0.0850. The summed E-state index contributed by atoms with van der Waals surface area (Å²) < 4.78 is 6.17. The minimum absolute atomic E-state index is 0.0850. The number of morpholine rings is 1. The summed E-state index contributed by atoms with van der Waals surface area (Å²) in [6.07, 6.45) is 0. The zero-order valence-electron chi connectivity index (χ0n) is 14.2. The molecule has 1 N–H and O–H groups in total. The molecule has 0 aliphatic carbocycles. The van der Waals surface area contributed by atoms with Gasteiger partial charge in [0.15, 0.2) is 0 Å². The van der Waals surface area contributed by atoms with Gasteiger partial charge in [0, 0.05) is 26.2 Å². The van der Waals surface area contributed by atoms with E-state index in [2.05, 4.69) is 69.1 Å². The highest BCUT2D eigenvalue weighted by atomic mass is 16.5. The average molecular weight is 290 g/mol. The van der Waals surface area contributed by atoms with Gasteiger partial charge >= 0.3 is 0 Å². The molecular weight excluding hydrogens is 260 g/mol. The van der Waals surface area contributed by atoms with Crippen LogP contribution in [-0.2, 0) is 17.8 Å². The van der Waals surface area contributed by atoms with Gasteiger partial charge in [-0.3, -0.25) is 4.90 Å². The molecule has 0 amide bonds. The van der Waals surface area contributed by atoms with Crippen LogP contribution in [0, 0.1) is 0 Å². The first-order chi connectivity index (χ1) is 9.81. The standard InChI is InChI=1S/C18H30N2O/c1-6-19-11-15-9-7-8-10-16(15)12-20-13-17(2,3)21-18(4,5)14-20/h7-10,19H,6,11-14H2,1-5H3. The zero-order valence-corrected chi connectivity index (χ0v) is 14.2. The van der Waals surface area contributed by atoms with E-state index in [0.717, 1.165) is 32.7 Å². The van der Waals surface area contributed by atoms with Crippen LogP contribution in [-0.4, -0.2) is 35.7 Å². The molecule has 21 heavy (non-hydrogen) atoms. The number of rotatable bonds is 5. The van der Waals surface area contributed by atoms with Crippen LogP contribution in [0.3, 0.4) is 0 Å². The summed E-state index contributed by atoms with van der Waals surface area (Å²) in [6.45, 7) is 15.8. The molecule has 0 aromatic heterocycles. The van der Waals surface area contributed by atoms with Gasteiger partial charge in [0.2, 0.25) is 0 Å². The van der Waals surface area contributed by atoms with Gasteiger partial charge in [0.25, 0.3) is 0 Å². The average Bonchev–Trinajstić information content (AvgIpc) is 2.34. The Morgan fingerprint density at radius 3 is 2.19 bits per heavy atom. The Bertz CT molecular complexity index is 452. The molecule has 3 nitrogen and oxygen atoms in total. The smallest absolute Gasteiger partial charge is 0.0760 e. The number of hydrogen-bond donors (Lipinski definition) is 1. The van der Waals surface area contributed by atoms with Crippen LogP contribution in [0.4, 0.5) is 0 Å². The van der Waals surface area contributed by atoms with Crippen LogP contribution < -0.4 is 5.32 Å². The molecule has 0 atom stereocenters. The second-order valence-corrected chi connectivity index (χ2v) is 7.32. The summed E-state index contributed by atoms with van der Waals surface area (Å²) in [5.41, 5.74) is 2.66. The molecular formula is C18H30N2O. The second-order valence-electron chi connectivity index (χ2n) is 7.32. The Kier molecular flexibility index (Phi) is 5.07. The fraction of sp³-hybridized carbons (Fsp3) is 0.667. The van der Waals surface area contributed by atoms with E-state index in [0.29, 0.717) is 0 Å². The van der Waals surface area contributed by atoms with Gasteiger partial charge < -0.3 is 10.1 Å². The van der Waals surface area contributed by atoms with Crippen molar-refractivity contribution in [3.8, 4) is 0 Å². The van der Waals surface area contributed by atoms with Gasteiger partial charge in [-0.25, -0.2) is 0 Å². The molecule has 1 aliphatic rings. The van der Waals surface area contributed by atoms with Crippen molar-refractivity contribution < 1.29 is 4.74 Å². The van der Waals surface area contributed by atoms with Crippen LogP contribution in [0.15, 0.2) is 24.3 Å². The molecule has 1 saturated heterocycles. The van der Waals surface area contributed by atoms with E-state index in [4.69, 9.17) is 4.74 Å². The van der Waals surface area contributed by atoms with Gasteiger partial charge in [0.1, 0.15) is 0 Å². The predicted molar refractivity (Wildman–Crippen MR) is 88.3 cm³/mol. The lowest BCUT2D eigenvalue weighted by Gasteiger charge is -2.47. The molecule has 1 aromatic rings. The lowest BCUT2D eigenvalue weighted by Crippen LogP contribution is -2.56. The highest BCUT2D eigenvalue weighted by molar-refractivity contribution is 5.27. The minimum Gasteiger partial charge on any atom is -0.367 e. The van der Waals surface area contributed by atoms with Gasteiger partial charge in [-0.05, 0) is 45.4 Å². The van der Waals surface area contributed by atoms with E-state index < -0.39 is 0 Å². The van der Waals surface area contributed by atoms with E-state index in [-0.39, 0.29) is 11.2 Å². The Balaban J connectivity index is 2.10. The quantitative estimate of drug-likeness (QED) is 0.901. The molecule has 0 spiro atoms. The maximum atomic E-state index is 6.17. The topological polar surface area (TPSA) is 24.5 Å². The maximum absolute atomic E-state index is 6.17. The van der Waals surface area contributed by atoms with Crippen LogP contribution in [0.5, 0.6) is 0 Å². The molecule has 1 aliphatic heterocycles. The number of ether oxygens (including phenoxy) is 1. The number of nitrogens with zero attached hydrogens (tertiary/aromatic N) is 1. The van der Waals surface area contributed by atoms with Crippen molar-refractivity contribution in [3.63, 3.8) is 0 Å². The summed E-state index contributed by atoms with van der Waals surface area (Å²) in [5, 5.41) is 3.43. The normalized spacial score (nSPS) is 21.4. The Morgan fingerprint density at radius 1 is 1.05 bits per heavy atom. The van der Waals surface area contributed by atoms with Crippen LogP contribution in [0.1, 0.15) is 45.7 Å². The molecule has 118 valence electrons. The number of hydrogen-bond acceptors (Lipinski definition) is 3. The third-order valence-corrected chi connectivity index (χ3v) is 3.84. The summed E-state index contributed by atoms with van der Waals surface area (Å²) in [5.74, 6) is 0. The SMILES string of the molecule is CCNCc1ccccc1CN1CC(C)(C)OC(C)(C)C1. The lowest BCUT2D eigenvalue weighted by atomic mass is 9.97. The van der Waals surface area contributed by atoms with E-state index in [9.17, 15) is 0 Å². The van der Waals surface area contributed by atoms with Gasteiger partial charge in [0.05, 0.1) is 11.2 Å². The maximum Gasteiger partial charge on any atom is 0.0760 e. The Morgan fingerprint density at radius 2 is 1.62 bits per heavy atom. The third-order valence-electron chi connectivity index (χ3n) is 3.84. The third kappa shape index (κ3) is 4.80. The molecule has 0 bridgehead atoms. The van der Waals surface area contributed by atoms with Crippen molar-refractivity contribution in [3.05, 3.63) is 35.4 Å². The molecule has 0 saturated carbocycles. The summed E-state index contributed by atoms with van der Waals surface area (Å²) in [6, 6.07) is 8.75. The molecule has 3 heteroatoms. The molecule has 0 unspecified atom stereocenters. The summed E-state index contributed by atoms with van der Waals surface area (Å²) in [7, 11) is 0. The second kappa shape index (κ2) is 6.47. The molecule has 0 radical (unpaired) electrons. The van der Waals surface area contributed by atoms with Crippen molar-refractivity contribution in [2.45, 2.75) is 58.9 Å². The van der Waals surface area contributed by atoms with Crippen LogP contribution in [0.25, 0.3) is 0 Å². The fourth-order valence-corrected chi connectivity index (χ4v) is 3.44. The number of benzene rings is 1. The Labute approximate surface area is 129 Å². The van der Waals surface area contributed by atoms with Crippen molar-refractivity contribution >= 4 is 0 Å². The largest absolute Gasteiger partial charge is 0.367 e. The monoisotopic (exact) mass is 290 g/mol. The van der Waals surface area contributed by atoms with Crippen molar-refractivity contribution in [2.75, 3.05) is 19.6 Å². The summed E-state index contributed by atoms with van der Waals surface area (Å²) in [4.78, 5) is 2.52. The van der Waals surface area contributed by atoms with E-state index in [1.54, 1.807) is 0 Å². The molecule has 1 fully saturated rings. The highest BCUT2D eigenvalue weighted by Crippen LogP contribution is 2.29. The Hall–Kier alpha value is -0.900. The van der Waals surface area contributed by atoms with Gasteiger partial charge in [-0.15, -0.1) is 0 Å². The first kappa shape index (κ1) is 16.5. The van der Waals surface area contributed by atoms with Crippen molar-refractivity contribution in [1.29, 1.82) is 0 Å². The fourth-order valence-electron chi connectivity index (χ4n) is 3.44. The zero-order chi connectivity index (χ0) is 15.5. The van der Waals surface area contributed by atoms with Gasteiger partial charge in [-0.1, -0.05) is 31.2 Å². The predicted octanol–water partition coefficient (Wildman–Crippen LogP) is 3.19. The van der Waals surface area contributed by atoms with Crippen molar-refractivity contribution in [1.82, 2.24) is 10.2 Å². The molecule has 1 heterocycles. The van der Waals surface area contributed by atoms with E-state index in [1.165, 1.54) is 11.1 Å². The number of nitrogens with one attached hydrogen (secondary N) is 1. The van der Waals surface area contributed by atoms with Gasteiger partial charge in [-0.2, -0.15) is 0 Å². The van der Waals surface area contributed by atoms with Crippen LogP contribution in [0.2, 0.25) is 0 Å². The molecule has 1 aromatic carbocycles. The lowest BCUT2D eigenvalue weighted by molar-refractivity contribution is -0.182. The first-order valence-corrected chi connectivity index (χ1v) is 8.01. The highest BCUT2D eigenvalue weighted by Gasteiger charge is 2.37. The van der Waals surface area contributed by atoms with E-state index >= 15 is 0 Å².